The summed E-state index contributed by atoms with van der Waals surface area (Å²) >= 11 is 9.77. The molecule has 2 amide bonds. The number of rotatable bonds is 12. The number of carbonyl (C=O) groups is 2. The lowest BCUT2D eigenvalue weighted by molar-refractivity contribution is -0.120. The van der Waals surface area contributed by atoms with Gasteiger partial charge in [0.15, 0.2) is 0 Å². The average Bonchev–Trinajstić information content (AvgIpc) is 3.11. The van der Waals surface area contributed by atoms with Crippen LogP contribution in [-0.2, 0) is 16.0 Å². The minimum absolute atomic E-state index is 0.0588. The van der Waals surface area contributed by atoms with Gasteiger partial charge >= 0.3 is 0 Å². The number of piperazine rings is 1. The summed E-state index contributed by atoms with van der Waals surface area (Å²) in [6.45, 7) is 25.6. The van der Waals surface area contributed by atoms with Crippen molar-refractivity contribution in [1.82, 2.24) is 20.0 Å². The first-order chi connectivity index (χ1) is 23.3. The molecule has 1 saturated heterocycles. The van der Waals surface area contributed by atoms with E-state index in [1.54, 1.807) is 14.1 Å². The van der Waals surface area contributed by atoms with Crippen LogP contribution in [0.1, 0.15) is 106 Å². The molecule has 0 aromatic heterocycles. The summed E-state index contributed by atoms with van der Waals surface area (Å²) in [7, 11) is 5.40. The molecule has 0 spiro atoms. The van der Waals surface area contributed by atoms with E-state index in [0.717, 1.165) is 56.3 Å². The first-order valence-electron chi connectivity index (χ1n) is 17.4. The molecular formula is C39H70BrClN6O2. The molecule has 1 aliphatic rings. The molecule has 10 heteroatoms. The fourth-order valence-corrected chi connectivity index (χ4v) is 4.26. The van der Waals surface area contributed by atoms with E-state index in [-0.39, 0.29) is 10.9 Å². The molecule has 1 aliphatic heterocycles. The number of terminal acetylenes is 1. The van der Waals surface area contributed by atoms with Crippen LogP contribution in [0.3, 0.4) is 0 Å². The van der Waals surface area contributed by atoms with Gasteiger partial charge in [-0.25, -0.2) is 0 Å². The van der Waals surface area contributed by atoms with Gasteiger partial charge in [-0.05, 0) is 55.4 Å². The van der Waals surface area contributed by atoms with Gasteiger partial charge in [0.05, 0.1) is 18.1 Å². The van der Waals surface area contributed by atoms with Crippen LogP contribution >= 0.6 is 27.5 Å². The van der Waals surface area contributed by atoms with Crippen molar-refractivity contribution >= 4 is 52.9 Å². The molecular weight excluding hydrogens is 700 g/mol. The van der Waals surface area contributed by atoms with Crippen LogP contribution in [0.15, 0.2) is 40.0 Å². The molecule has 2 atom stereocenters. The van der Waals surface area contributed by atoms with E-state index in [1.165, 1.54) is 30.4 Å². The summed E-state index contributed by atoms with van der Waals surface area (Å²) in [6, 6.07) is 6.18. The third-order valence-electron chi connectivity index (χ3n) is 7.00. The third-order valence-corrected chi connectivity index (χ3v) is 7.48. The van der Waals surface area contributed by atoms with E-state index in [1.807, 2.05) is 51.3 Å². The van der Waals surface area contributed by atoms with Crippen LogP contribution in [0.2, 0.25) is 5.02 Å². The summed E-state index contributed by atoms with van der Waals surface area (Å²) in [5.41, 5.74) is 4.04. The molecule has 282 valence electrons. The Labute approximate surface area is 315 Å². The number of alkyl halides is 1. The van der Waals surface area contributed by atoms with Crippen LogP contribution in [0, 0.1) is 18.3 Å². The van der Waals surface area contributed by atoms with Gasteiger partial charge < -0.3 is 15.1 Å². The van der Waals surface area contributed by atoms with Crippen molar-refractivity contribution in [3.63, 3.8) is 0 Å². The minimum Gasteiger partial charge on any atom is -0.366 e. The normalized spacial score (nSPS) is 14.1. The second-order valence-corrected chi connectivity index (χ2v) is 13.9. The smallest absolute Gasteiger partial charge is 0.209 e. The van der Waals surface area contributed by atoms with Gasteiger partial charge in [0.25, 0.3) is 0 Å². The quantitative estimate of drug-likeness (QED) is 0.0758. The SMILES string of the molecule is C#C.C/C=C(\N=CC(C)Br)C(c1ccc(Cl)cc1CC)N1CCN(C=O)CC1.CC.CCC(C)(C)C.CCCCN(C)C=NC.CNC=O. The Morgan fingerprint density at radius 3 is 2.02 bits per heavy atom. The molecule has 1 heterocycles. The number of amides is 2. The maximum Gasteiger partial charge on any atom is 0.209 e. The van der Waals surface area contributed by atoms with Crippen molar-refractivity contribution < 1.29 is 9.59 Å². The Bertz CT molecular complexity index is 1050. The number of nitrogens with zero attached hydrogens (tertiary/aromatic N) is 5. The van der Waals surface area contributed by atoms with Gasteiger partial charge in [-0.1, -0.05) is 108 Å². The Hall–Kier alpha value is -2.67. The van der Waals surface area contributed by atoms with Crippen LogP contribution in [0.4, 0.5) is 0 Å². The molecule has 0 bridgehead atoms. The molecule has 0 saturated carbocycles. The molecule has 1 N–H and O–H groups in total. The second-order valence-electron chi connectivity index (χ2n) is 12.0. The van der Waals surface area contributed by atoms with Crippen molar-refractivity contribution in [1.29, 1.82) is 0 Å². The average molecular weight is 770 g/mol. The molecule has 2 rings (SSSR count). The van der Waals surface area contributed by atoms with E-state index in [4.69, 9.17) is 21.4 Å². The van der Waals surface area contributed by atoms with Gasteiger partial charge in [0.1, 0.15) is 0 Å². The zero-order valence-corrected chi connectivity index (χ0v) is 35.4. The van der Waals surface area contributed by atoms with Crippen molar-refractivity contribution in [3.05, 3.63) is 46.1 Å². The zero-order chi connectivity index (χ0) is 38.8. The van der Waals surface area contributed by atoms with Crippen LogP contribution < -0.4 is 5.32 Å². The van der Waals surface area contributed by atoms with E-state index < -0.39 is 0 Å². The largest absolute Gasteiger partial charge is 0.366 e. The Balaban J connectivity index is -0.000000360. The molecule has 1 aromatic rings. The van der Waals surface area contributed by atoms with Crippen molar-refractivity contribution in [3.8, 4) is 12.8 Å². The Kier molecular flexibility index (Phi) is 38.1. The molecule has 0 aliphatic carbocycles. The van der Waals surface area contributed by atoms with Crippen LogP contribution in [0.5, 0.6) is 0 Å². The summed E-state index contributed by atoms with van der Waals surface area (Å²) in [5.74, 6) is 0. The Morgan fingerprint density at radius 2 is 1.65 bits per heavy atom. The predicted octanol–water partition coefficient (Wildman–Crippen LogP) is 8.93. The van der Waals surface area contributed by atoms with Crippen molar-refractivity contribution in [2.24, 2.45) is 15.4 Å². The minimum atomic E-state index is 0.0588. The zero-order valence-electron chi connectivity index (χ0n) is 33.1. The van der Waals surface area contributed by atoms with E-state index in [9.17, 15) is 4.79 Å². The van der Waals surface area contributed by atoms with Crippen LogP contribution in [0.25, 0.3) is 0 Å². The lowest BCUT2D eigenvalue weighted by atomic mass is 9.94. The summed E-state index contributed by atoms with van der Waals surface area (Å²) in [5, 5.41) is 3.01. The monoisotopic (exact) mass is 768 g/mol. The molecule has 1 aromatic carbocycles. The summed E-state index contributed by atoms with van der Waals surface area (Å²) < 4.78 is 0. The highest BCUT2D eigenvalue weighted by Crippen LogP contribution is 2.34. The number of benzene rings is 1. The number of aryl methyl sites for hydroxylation is 1. The van der Waals surface area contributed by atoms with Gasteiger partial charge in [-0.2, -0.15) is 0 Å². The number of hydrogen-bond acceptors (Lipinski definition) is 5. The van der Waals surface area contributed by atoms with Crippen molar-refractivity contribution in [2.75, 3.05) is 53.9 Å². The maximum atomic E-state index is 11.1. The summed E-state index contributed by atoms with van der Waals surface area (Å²) in [6.07, 6.45) is 20.1. The molecule has 1 fully saturated rings. The predicted molar refractivity (Wildman–Crippen MR) is 221 cm³/mol. The number of aliphatic imine (C=N–C) groups is 2. The van der Waals surface area contributed by atoms with Crippen molar-refractivity contribution in [2.45, 2.75) is 106 Å². The van der Waals surface area contributed by atoms with E-state index >= 15 is 0 Å². The summed E-state index contributed by atoms with van der Waals surface area (Å²) in [4.78, 5) is 35.3. The topological polar surface area (TPSA) is 80.6 Å². The number of halogens is 2. The molecule has 8 nitrogen and oxygen atoms in total. The van der Waals surface area contributed by atoms with E-state index in [2.05, 4.69) is 116 Å². The van der Waals surface area contributed by atoms with E-state index in [0.29, 0.717) is 11.8 Å². The number of nitrogens with one attached hydrogen (secondary N) is 1. The maximum absolute atomic E-state index is 11.1. The standard InChI is InChI=1S/C20H27BrClN3O.C7H16N2.C6H14.C2H5NO.C2H6.C2H2/c1-4-16-12-17(22)6-7-18(16)20(19(5-2)23-13-15(3)21)25-10-8-24(14-26)9-11-25;1-4-5-6-9(3)7-8-2;1-5-6(2,3)4;1-3-2-4;2*1-2/h5-7,12-15,20H,4,8-11H2,1-3H3;7H,4-6H2,1-3H3;5H2,1-4H3;2H,1H3,(H,3,4);1-2H3;1-2H/b19-5-,23-13?;;;;;. The lowest BCUT2D eigenvalue weighted by Crippen LogP contribution is -2.47. The highest BCUT2D eigenvalue weighted by Gasteiger charge is 2.28. The number of carbonyl (C=O) groups excluding carboxylic acids is 2. The first-order valence-corrected chi connectivity index (χ1v) is 18.7. The molecule has 0 radical (unpaired) electrons. The fourth-order valence-electron chi connectivity index (χ4n) is 3.95. The third kappa shape index (κ3) is 28.8. The fraction of sp³-hybridized carbons (Fsp3) is 0.641. The van der Waals surface area contributed by atoms with Gasteiger partial charge in [-0.3, -0.25) is 24.5 Å². The lowest BCUT2D eigenvalue weighted by Gasteiger charge is -2.39. The second kappa shape index (κ2) is 35.2. The first kappa shape index (κ1) is 53.1. The van der Waals surface area contributed by atoms with Gasteiger partial charge in [-0.15, -0.1) is 12.8 Å². The highest BCUT2D eigenvalue weighted by atomic mass is 79.9. The van der Waals surface area contributed by atoms with Gasteiger partial charge in [0, 0.05) is 69.9 Å². The molecule has 49 heavy (non-hydrogen) atoms. The highest BCUT2D eigenvalue weighted by molar-refractivity contribution is 9.09. The number of allylic oxidation sites excluding steroid dienone is 1. The number of unbranched alkanes of at least 4 members (excludes halogenated alkanes) is 1. The van der Waals surface area contributed by atoms with Crippen LogP contribution in [-0.4, -0.2) is 98.8 Å². The number of hydrogen-bond donors (Lipinski definition) is 1. The Morgan fingerprint density at radius 1 is 1.12 bits per heavy atom. The van der Waals surface area contributed by atoms with Gasteiger partial charge in [0.2, 0.25) is 12.8 Å². The molecule has 2 unspecified atom stereocenters.